The molecule has 0 aliphatic rings. The standard InChI is InChI=1S/C51H28N4O2/c1-2-11-31(12-3-1)49-52-50(54-51(53-49)37-19-10-18-35-34-17-6-7-20-41(34)57-48(35)37)36-25-28-38(33-16-5-4-15-32(33)36)55-39-26-23-29-13-8-21-42-44(29)46(39)47-40(55)27-24-30-14-9-22-43(56-42)45(30)47/h1-28H. The maximum atomic E-state index is 6.68. The molecule has 0 aliphatic carbocycles. The van der Waals surface area contributed by atoms with Crippen molar-refractivity contribution in [1.82, 2.24) is 19.5 Å². The molecule has 0 N–H and O–H groups in total. The number of para-hydroxylation sites is 2. The number of rotatable bonds is 4. The first kappa shape index (κ1) is 30.5. The molecule has 0 saturated carbocycles. The second kappa shape index (κ2) is 11.4. The minimum absolute atomic E-state index is 0.557. The van der Waals surface area contributed by atoms with E-state index in [9.17, 15) is 0 Å². The quantitative estimate of drug-likeness (QED) is 0.180. The Morgan fingerprint density at radius 3 is 1.67 bits per heavy atom. The van der Waals surface area contributed by atoms with Crippen molar-refractivity contribution >= 4 is 87.2 Å². The zero-order chi connectivity index (χ0) is 37.2. The maximum absolute atomic E-state index is 6.68. The molecule has 0 aliphatic heterocycles. The summed E-state index contributed by atoms with van der Waals surface area (Å²) in [5.41, 5.74) is 9.32. The molecule has 0 atom stereocenters. The van der Waals surface area contributed by atoms with E-state index in [4.69, 9.17) is 23.8 Å². The molecule has 0 saturated heterocycles. The van der Waals surface area contributed by atoms with Crippen LogP contribution in [0.25, 0.3) is 127 Å². The molecular weight excluding hydrogens is 701 g/mol. The van der Waals surface area contributed by atoms with Crippen LogP contribution in [0.4, 0.5) is 0 Å². The van der Waals surface area contributed by atoms with Crippen molar-refractivity contribution in [2.75, 3.05) is 0 Å². The fourth-order valence-electron chi connectivity index (χ4n) is 9.16. The molecule has 6 nitrogen and oxygen atoms in total. The Kier molecular flexibility index (Phi) is 6.07. The lowest BCUT2D eigenvalue weighted by Gasteiger charge is -2.15. The highest BCUT2D eigenvalue weighted by Gasteiger charge is 2.24. The average Bonchev–Trinajstić information content (AvgIpc) is 3.77. The van der Waals surface area contributed by atoms with Gasteiger partial charge in [-0.1, -0.05) is 121 Å². The molecule has 0 fully saturated rings. The Balaban J connectivity index is 1.09. The topological polar surface area (TPSA) is 69.9 Å². The van der Waals surface area contributed by atoms with Gasteiger partial charge in [-0.3, -0.25) is 0 Å². The number of benzene rings is 9. The number of furan rings is 1. The van der Waals surface area contributed by atoms with E-state index in [0.717, 1.165) is 98.8 Å². The Bertz CT molecular complexity index is 3660. The highest BCUT2D eigenvalue weighted by Crippen LogP contribution is 2.46. The van der Waals surface area contributed by atoms with E-state index in [2.05, 4.69) is 114 Å². The molecule has 4 aromatic heterocycles. The average molecular weight is 729 g/mol. The van der Waals surface area contributed by atoms with E-state index in [-0.39, 0.29) is 0 Å². The summed E-state index contributed by atoms with van der Waals surface area (Å²) < 4.78 is 15.6. The maximum Gasteiger partial charge on any atom is 0.167 e. The van der Waals surface area contributed by atoms with Gasteiger partial charge in [0.25, 0.3) is 0 Å². The Morgan fingerprint density at radius 2 is 0.930 bits per heavy atom. The van der Waals surface area contributed by atoms with Crippen molar-refractivity contribution in [3.8, 4) is 39.9 Å². The summed E-state index contributed by atoms with van der Waals surface area (Å²) in [7, 11) is 0. The molecule has 13 rings (SSSR count). The lowest BCUT2D eigenvalue weighted by molar-refractivity contribution is 0.664. The van der Waals surface area contributed by atoms with Crippen LogP contribution in [0.2, 0.25) is 0 Å². The Labute approximate surface area is 324 Å². The van der Waals surface area contributed by atoms with Crippen molar-refractivity contribution < 1.29 is 8.83 Å². The van der Waals surface area contributed by atoms with Gasteiger partial charge in [0.05, 0.1) is 22.3 Å². The van der Waals surface area contributed by atoms with Gasteiger partial charge < -0.3 is 13.4 Å². The van der Waals surface area contributed by atoms with Crippen molar-refractivity contribution in [3.05, 3.63) is 170 Å². The van der Waals surface area contributed by atoms with Gasteiger partial charge in [0.15, 0.2) is 17.5 Å². The molecule has 0 spiro atoms. The summed E-state index contributed by atoms with van der Waals surface area (Å²) in [5, 5.41) is 11.2. The van der Waals surface area contributed by atoms with Crippen LogP contribution in [0, 0.1) is 0 Å². The van der Waals surface area contributed by atoms with Gasteiger partial charge in [-0.25, -0.2) is 15.0 Å². The van der Waals surface area contributed by atoms with Crippen molar-refractivity contribution in [3.63, 3.8) is 0 Å². The van der Waals surface area contributed by atoms with Crippen LogP contribution in [0.1, 0.15) is 0 Å². The van der Waals surface area contributed by atoms with Crippen molar-refractivity contribution in [1.29, 1.82) is 0 Å². The van der Waals surface area contributed by atoms with Crippen LogP contribution >= 0.6 is 0 Å². The molecule has 6 heteroatoms. The van der Waals surface area contributed by atoms with E-state index in [1.165, 1.54) is 10.8 Å². The molecule has 0 amide bonds. The SMILES string of the molecule is c1ccc(-c2nc(-c3ccc(-n4c5ccc6cccc7oc8cccc9ccc4c(c98)c5c67)c4ccccc34)nc(-c3cccc4c3oc3ccccc34)n2)cc1. The number of fused-ring (bicyclic) bond motifs is 4. The third-order valence-corrected chi connectivity index (χ3v) is 11.6. The normalized spacial score (nSPS) is 12.2. The first-order valence-corrected chi connectivity index (χ1v) is 19.1. The summed E-state index contributed by atoms with van der Waals surface area (Å²) >= 11 is 0. The smallest absolute Gasteiger partial charge is 0.167 e. The molecule has 0 unspecified atom stereocenters. The van der Waals surface area contributed by atoms with Gasteiger partial charge in [0, 0.05) is 48.8 Å². The summed E-state index contributed by atoms with van der Waals surface area (Å²) in [4.78, 5) is 15.5. The second-order valence-electron chi connectivity index (χ2n) is 14.7. The number of aromatic nitrogens is 4. The van der Waals surface area contributed by atoms with E-state index in [0.29, 0.717) is 17.5 Å². The van der Waals surface area contributed by atoms with Crippen LogP contribution in [0.5, 0.6) is 0 Å². The van der Waals surface area contributed by atoms with Crippen LogP contribution < -0.4 is 0 Å². The van der Waals surface area contributed by atoms with E-state index in [1.54, 1.807) is 0 Å². The largest absolute Gasteiger partial charge is 0.456 e. The molecule has 9 aromatic carbocycles. The highest BCUT2D eigenvalue weighted by molar-refractivity contribution is 6.33. The highest BCUT2D eigenvalue weighted by atomic mass is 16.3. The van der Waals surface area contributed by atoms with Crippen LogP contribution in [0.3, 0.4) is 0 Å². The molecule has 4 heterocycles. The van der Waals surface area contributed by atoms with Crippen LogP contribution in [-0.4, -0.2) is 19.5 Å². The summed E-state index contributed by atoms with van der Waals surface area (Å²) in [6.07, 6.45) is 0. The predicted molar refractivity (Wildman–Crippen MR) is 231 cm³/mol. The van der Waals surface area contributed by atoms with Crippen LogP contribution in [0.15, 0.2) is 179 Å². The molecular formula is C51H28N4O2. The summed E-state index contributed by atoms with van der Waals surface area (Å²) in [5.74, 6) is 1.75. The lowest BCUT2D eigenvalue weighted by atomic mass is 10.00. The number of hydrogen-bond acceptors (Lipinski definition) is 5. The lowest BCUT2D eigenvalue weighted by Crippen LogP contribution is -2.02. The molecule has 264 valence electrons. The van der Waals surface area contributed by atoms with Gasteiger partial charge in [-0.15, -0.1) is 0 Å². The van der Waals surface area contributed by atoms with Gasteiger partial charge >= 0.3 is 0 Å². The van der Waals surface area contributed by atoms with E-state index >= 15 is 0 Å². The van der Waals surface area contributed by atoms with Crippen molar-refractivity contribution in [2.45, 2.75) is 0 Å². The van der Waals surface area contributed by atoms with Crippen LogP contribution in [-0.2, 0) is 0 Å². The van der Waals surface area contributed by atoms with Gasteiger partial charge in [0.1, 0.15) is 22.3 Å². The second-order valence-corrected chi connectivity index (χ2v) is 14.7. The third kappa shape index (κ3) is 4.26. The minimum atomic E-state index is 0.557. The Morgan fingerprint density at radius 1 is 0.351 bits per heavy atom. The van der Waals surface area contributed by atoms with E-state index < -0.39 is 0 Å². The molecule has 0 radical (unpaired) electrons. The van der Waals surface area contributed by atoms with Crippen molar-refractivity contribution in [2.24, 2.45) is 0 Å². The first-order chi connectivity index (χ1) is 28.3. The predicted octanol–water partition coefficient (Wildman–Crippen LogP) is 13.5. The molecule has 57 heavy (non-hydrogen) atoms. The summed E-state index contributed by atoms with van der Waals surface area (Å²) in [6.45, 7) is 0. The zero-order valence-electron chi connectivity index (χ0n) is 30.3. The van der Waals surface area contributed by atoms with Gasteiger partial charge in [-0.2, -0.15) is 0 Å². The number of nitrogens with zero attached hydrogens (tertiary/aromatic N) is 4. The van der Waals surface area contributed by atoms with Gasteiger partial charge in [0.2, 0.25) is 0 Å². The Hall–Kier alpha value is -7.83. The molecule has 13 aromatic rings. The van der Waals surface area contributed by atoms with Gasteiger partial charge in [-0.05, 0) is 64.7 Å². The minimum Gasteiger partial charge on any atom is -0.456 e. The summed E-state index contributed by atoms with van der Waals surface area (Å²) in [6, 6.07) is 59.0. The van der Waals surface area contributed by atoms with E-state index in [1.807, 2.05) is 60.7 Å². The zero-order valence-corrected chi connectivity index (χ0v) is 30.3. The first-order valence-electron chi connectivity index (χ1n) is 19.1. The third-order valence-electron chi connectivity index (χ3n) is 11.6. The molecule has 0 bridgehead atoms. The number of hydrogen-bond donors (Lipinski definition) is 0. The fraction of sp³-hybridized carbons (Fsp3) is 0. The fourth-order valence-corrected chi connectivity index (χ4v) is 9.16. The monoisotopic (exact) mass is 728 g/mol.